The van der Waals surface area contributed by atoms with Crippen LogP contribution in [0.3, 0.4) is 0 Å². The summed E-state index contributed by atoms with van der Waals surface area (Å²) in [6, 6.07) is 3.67. The Morgan fingerprint density at radius 2 is 2.10 bits per heavy atom. The molecule has 0 atom stereocenters. The third-order valence-electron chi connectivity index (χ3n) is 2.07. The number of nitrogens with zero attached hydrogens (tertiary/aromatic N) is 2. The van der Waals surface area contributed by atoms with E-state index in [0.29, 0.717) is 18.1 Å². The van der Waals surface area contributed by atoms with Crippen molar-refractivity contribution in [1.82, 2.24) is 0 Å². The molecule has 1 rings (SSSR count). The van der Waals surface area contributed by atoms with Crippen LogP contribution in [0.15, 0.2) is 26.8 Å². The maximum atomic E-state index is 5.74. The molecule has 0 unspecified atom stereocenters. The summed E-state index contributed by atoms with van der Waals surface area (Å²) < 4.78 is 12.1. The number of hydrogen-bond acceptors (Lipinski definition) is 4. The summed E-state index contributed by atoms with van der Waals surface area (Å²) in [5.74, 6) is 1.22. The standard InChI is InChI=1S/C13H19BrN4O2/c1-4-19-11-6-9(7-17-18-13(15)16)5-10(14)12(11)20-8(2)3/h5-8H,4H2,1-3H3,(H4,15,16,18). The van der Waals surface area contributed by atoms with Crippen LogP contribution in [0.25, 0.3) is 0 Å². The predicted octanol–water partition coefficient (Wildman–Crippen LogP) is 2.24. The van der Waals surface area contributed by atoms with Crippen molar-refractivity contribution in [3.05, 3.63) is 22.2 Å². The van der Waals surface area contributed by atoms with E-state index in [0.717, 1.165) is 10.0 Å². The first-order valence-corrected chi connectivity index (χ1v) is 6.98. The van der Waals surface area contributed by atoms with E-state index in [1.807, 2.05) is 32.9 Å². The van der Waals surface area contributed by atoms with E-state index < -0.39 is 0 Å². The van der Waals surface area contributed by atoms with E-state index in [1.165, 1.54) is 6.21 Å². The number of rotatable bonds is 6. The number of nitrogens with two attached hydrogens (primary N) is 2. The van der Waals surface area contributed by atoms with E-state index in [4.69, 9.17) is 20.9 Å². The molecule has 0 spiro atoms. The van der Waals surface area contributed by atoms with Crippen molar-refractivity contribution in [2.45, 2.75) is 26.9 Å². The van der Waals surface area contributed by atoms with Crippen molar-refractivity contribution >= 4 is 28.1 Å². The van der Waals surface area contributed by atoms with E-state index in [1.54, 1.807) is 0 Å². The minimum atomic E-state index is -0.0925. The highest BCUT2D eigenvalue weighted by Crippen LogP contribution is 2.37. The first kappa shape index (κ1) is 16.3. The van der Waals surface area contributed by atoms with E-state index in [-0.39, 0.29) is 12.1 Å². The molecule has 110 valence electrons. The maximum absolute atomic E-state index is 5.74. The molecule has 0 aliphatic rings. The average molecular weight is 343 g/mol. The van der Waals surface area contributed by atoms with Gasteiger partial charge in [0.25, 0.3) is 0 Å². The van der Waals surface area contributed by atoms with Gasteiger partial charge >= 0.3 is 0 Å². The van der Waals surface area contributed by atoms with Crippen molar-refractivity contribution in [1.29, 1.82) is 0 Å². The van der Waals surface area contributed by atoms with Gasteiger partial charge in [-0.1, -0.05) is 0 Å². The zero-order chi connectivity index (χ0) is 15.1. The van der Waals surface area contributed by atoms with E-state index >= 15 is 0 Å². The van der Waals surface area contributed by atoms with Crippen LogP contribution < -0.4 is 20.9 Å². The summed E-state index contributed by atoms with van der Waals surface area (Å²) >= 11 is 3.47. The van der Waals surface area contributed by atoms with Gasteiger partial charge in [0.15, 0.2) is 11.5 Å². The van der Waals surface area contributed by atoms with Crippen LogP contribution >= 0.6 is 15.9 Å². The van der Waals surface area contributed by atoms with Gasteiger partial charge in [0, 0.05) is 0 Å². The monoisotopic (exact) mass is 342 g/mol. The van der Waals surface area contributed by atoms with E-state index in [2.05, 4.69) is 26.1 Å². The zero-order valence-corrected chi connectivity index (χ0v) is 13.3. The molecule has 0 saturated heterocycles. The normalized spacial score (nSPS) is 10.8. The number of benzene rings is 1. The Morgan fingerprint density at radius 3 is 2.65 bits per heavy atom. The van der Waals surface area contributed by atoms with Gasteiger partial charge in [0.2, 0.25) is 5.96 Å². The van der Waals surface area contributed by atoms with Crippen LogP contribution in [0.4, 0.5) is 0 Å². The second kappa shape index (κ2) is 7.74. The Morgan fingerprint density at radius 1 is 1.40 bits per heavy atom. The number of guanidine groups is 1. The molecule has 4 N–H and O–H groups in total. The van der Waals surface area contributed by atoms with Crippen LogP contribution in [-0.2, 0) is 0 Å². The molecule has 20 heavy (non-hydrogen) atoms. The molecule has 0 bridgehead atoms. The molecule has 0 aliphatic heterocycles. The Balaban J connectivity index is 3.12. The molecule has 0 aliphatic carbocycles. The lowest BCUT2D eigenvalue weighted by molar-refractivity contribution is 0.222. The van der Waals surface area contributed by atoms with Crippen LogP contribution in [0.1, 0.15) is 26.3 Å². The second-order valence-corrected chi connectivity index (χ2v) is 5.05. The Hall–Kier alpha value is -1.76. The molecular weight excluding hydrogens is 324 g/mol. The minimum absolute atomic E-state index is 0.0478. The Labute approximate surface area is 127 Å². The van der Waals surface area contributed by atoms with Gasteiger partial charge in [0.1, 0.15) is 0 Å². The largest absolute Gasteiger partial charge is 0.490 e. The van der Waals surface area contributed by atoms with Crippen LogP contribution in [0.5, 0.6) is 11.5 Å². The zero-order valence-electron chi connectivity index (χ0n) is 11.8. The highest BCUT2D eigenvalue weighted by molar-refractivity contribution is 9.10. The summed E-state index contributed by atoms with van der Waals surface area (Å²) in [5, 5.41) is 7.32. The lowest BCUT2D eigenvalue weighted by Gasteiger charge is -2.16. The molecular formula is C13H19BrN4O2. The average Bonchev–Trinajstić information content (AvgIpc) is 2.33. The highest BCUT2D eigenvalue weighted by atomic mass is 79.9. The molecule has 0 fully saturated rings. The maximum Gasteiger partial charge on any atom is 0.211 e. The summed E-state index contributed by atoms with van der Waals surface area (Å²) in [6.45, 7) is 6.36. The Bertz CT molecular complexity index is 511. The van der Waals surface area contributed by atoms with Crippen molar-refractivity contribution in [2.75, 3.05) is 6.61 Å². The van der Waals surface area contributed by atoms with Crippen LogP contribution in [0, 0.1) is 0 Å². The van der Waals surface area contributed by atoms with Crippen LogP contribution in [-0.4, -0.2) is 24.9 Å². The fourth-order valence-corrected chi connectivity index (χ4v) is 1.99. The molecule has 0 amide bonds. The quantitative estimate of drug-likeness (QED) is 0.470. The third-order valence-corrected chi connectivity index (χ3v) is 2.65. The summed E-state index contributed by atoms with van der Waals surface area (Å²) in [5.41, 5.74) is 11.2. The highest BCUT2D eigenvalue weighted by Gasteiger charge is 2.13. The van der Waals surface area contributed by atoms with Gasteiger partial charge in [-0.25, -0.2) is 0 Å². The van der Waals surface area contributed by atoms with Gasteiger partial charge < -0.3 is 20.9 Å². The number of ether oxygens (including phenoxy) is 2. The predicted molar refractivity (Wildman–Crippen MR) is 84.5 cm³/mol. The van der Waals surface area contributed by atoms with Gasteiger partial charge in [-0.05, 0) is 54.4 Å². The topological polar surface area (TPSA) is 95.2 Å². The fraction of sp³-hybridized carbons (Fsp3) is 0.385. The molecule has 0 saturated carbocycles. The Kier molecular flexibility index (Phi) is 6.30. The third kappa shape index (κ3) is 5.08. The molecule has 0 heterocycles. The minimum Gasteiger partial charge on any atom is -0.490 e. The van der Waals surface area contributed by atoms with Crippen molar-refractivity contribution in [3.8, 4) is 11.5 Å². The van der Waals surface area contributed by atoms with Gasteiger partial charge in [-0.3, -0.25) is 0 Å². The van der Waals surface area contributed by atoms with Gasteiger partial charge in [-0.15, -0.1) is 5.10 Å². The SMILES string of the molecule is CCOc1cc(C=NN=C(N)N)cc(Br)c1OC(C)C. The van der Waals surface area contributed by atoms with Crippen LogP contribution in [0.2, 0.25) is 0 Å². The molecule has 6 nitrogen and oxygen atoms in total. The molecule has 1 aromatic rings. The molecule has 7 heteroatoms. The van der Waals surface area contributed by atoms with Gasteiger partial charge in [-0.2, -0.15) is 5.10 Å². The number of hydrogen-bond donors (Lipinski definition) is 2. The first-order chi connectivity index (χ1) is 9.43. The summed E-state index contributed by atoms with van der Waals surface area (Å²) in [6.07, 6.45) is 1.58. The van der Waals surface area contributed by atoms with Gasteiger partial charge in [0.05, 0.1) is 23.4 Å². The van der Waals surface area contributed by atoms with Crippen molar-refractivity contribution in [3.63, 3.8) is 0 Å². The smallest absolute Gasteiger partial charge is 0.211 e. The van der Waals surface area contributed by atoms with Crippen molar-refractivity contribution < 1.29 is 9.47 Å². The lowest BCUT2D eigenvalue weighted by atomic mass is 10.2. The molecule has 0 radical (unpaired) electrons. The second-order valence-electron chi connectivity index (χ2n) is 4.20. The number of halogens is 1. The summed E-state index contributed by atoms with van der Waals surface area (Å²) in [4.78, 5) is 0. The first-order valence-electron chi connectivity index (χ1n) is 6.19. The molecule has 0 aromatic heterocycles. The molecule has 1 aromatic carbocycles. The summed E-state index contributed by atoms with van der Waals surface area (Å²) in [7, 11) is 0. The lowest BCUT2D eigenvalue weighted by Crippen LogP contribution is -2.21. The van der Waals surface area contributed by atoms with E-state index in [9.17, 15) is 0 Å². The fourth-order valence-electron chi connectivity index (χ4n) is 1.44. The van der Waals surface area contributed by atoms with Crippen molar-refractivity contribution in [2.24, 2.45) is 21.7 Å².